The van der Waals surface area contributed by atoms with Gasteiger partial charge in [-0.15, -0.1) is 0 Å². The lowest BCUT2D eigenvalue weighted by molar-refractivity contribution is -0.146. The molecule has 33 heavy (non-hydrogen) atoms. The average Bonchev–Trinajstić information content (AvgIpc) is 2.73. The smallest absolute Gasteiger partial charge is 0.340 e. The number of ketones is 2. The van der Waals surface area contributed by atoms with Crippen LogP contribution in [0.2, 0.25) is 0 Å². The molecule has 1 heterocycles. The van der Waals surface area contributed by atoms with Crippen LogP contribution >= 0.6 is 0 Å². The molecule has 3 rings (SSSR count). The number of hydrogen-bond donors (Lipinski definition) is 1. The van der Waals surface area contributed by atoms with Gasteiger partial charge in [0.05, 0.1) is 19.8 Å². The van der Waals surface area contributed by atoms with Crippen molar-refractivity contribution in [2.45, 2.75) is 46.6 Å². The second-order valence-electron chi connectivity index (χ2n) is 9.99. The summed E-state index contributed by atoms with van der Waals surface area (Å²) in [7, 11) is 2.31. The molecule has 1 aliphatic heterocycles. The molecule has 1 aromatic carbocycles. The molecule has 0 saturated carbocycles. The molecule has 8 heteroatoms. The fourth-order valence-corrected chi connectivity index (χ4v) is 4.61. The van der Waals surface area contributed by atoms with Gasteiger partial charge >= 0.3 is 11.9 Å². The first-order valence-electron chi connectivity index (χ1n) is 10.6. The highest BCUT2D eigenvalue weighted by molar-refractivity contribution is 6.28. The topological polar surface area (TPSA) is 108 Å². The minimum atomic E-state index is -1.48. The number of hydrogen-bond acceptors (Lipinski definition) is 8. The van der Waals surface area contributed by atoms with E-state index < -0.39 is 35.0 Å². The van der Waals surface area contributed by atoms with Gasteiger partial charge in [0.25, 0.3) is 0 Å². The molecule has 0 fully saturated rings. The van der Waals surface area contributed by atoms with Crippen LogP contribution in [0.5, 0.6) is 0 Å². The van der Waals surface area contributed by atoms with Gasteiger partial charge in [0.15, 0.2) is 11.5 Å². The standard InChI is InChI=1S/C25H29NO7/c1-24(2,3)12-25(4,5)26-21-17(23(30)32-7)15(22(29)31-6)16-18(27)13-10-8-9-11-14(13)19(28)20(16)33-21/h8-11,15,26H,12H2,1-7H3. The number of allylic oxidation sites excluding steroid dienone is 1. The molecular weight excluding hydrogens is 426 g/mol. The minimum absolute atomic E-state index is 0.0844. The van der Waals surface area contributed by atoms with E-state index in [9.17, 15) is 19.2 Å². The Bertz CT molecular complexity index is 1100. The summed E-state index contributed by atoms with van der Waals surface area (Å²) < 4.78 is 15.8. The van der Waals surface area contributed by atoms with Crippen molar-refractivity contribution >= 4 is 23.5 Å². The molecule has 0 bridgehead atoms. The first-order chi connectivity index (χ1) is 15.3. The number of fused-ring (bicyclic) bond motifs is 1. The molecule has 1 N–H and O–H groups in total. The average molecular weight is 456 g/mol. The van der Waals surface area contributed by atoms with Crippen LogP contribution in [0.1, 0.15) is 61.8 Å². The molecule has 1 aliphatic carbocycles. The van der Waals surface area contributed by atoms with Crippen molar-refractivity contribution in [3.63, 3.8) is 0 Å². The van der Waals surface area contributed by atoms with Crippen LogP contribution in [-0.2, 0) is 23.8 Å². The number of Topliss-reactive ketones (excluding diaryl/α,β-unsaturated/α-hetero) is 2. The fourth-order valence-electron chi connectivity index (χ4n) is 4.61. The third-order valence-electron chi connectivity index (χ3n) is 5.40. The summed E-state index contributed by atoms with van der Waals surface area (Å²) in [6.07, 6.45) is 0.659. The van der Waals surface area contributed by atoms with E-state index in [2.05, 4.69) is 26.1 Å². The number of benzene rings is 1. The summed E-state index contributed by atoms with van der Waals surface area (Å²) in [4.78, 5) is 52.4. The lowest BCUT2D eigenvalue weighted by Gasteiger charge is -2.38. The molecular formula is C25H29NO7. The summed E-state index contributed by atoms with van der Waals surface area (Å²) in [5.41, 5.74) is -0.840. The molecule has 0 aromatic heterocycles. The Labute approximate surface area is 193 Å². The largest absolute Gasteiger partial charge is 0.468 e. The van der Waals surface area contributed by atoms with Gasteiger partial charge < -0.3 is 19.5 Å². The Morgan fingerprint density at radius 3 is 2.06 bits per heavy atom. The predicted molar refractivity (Wildman–Crippen MR) is 119 cm³/mol. The lowest BCUT2D eigenvalue weighted by atomic mass is 9.77. The Hall–Kier alpha value is -3.42. The number of carbonyl (C=O) groups excluding carboxylic acids is 4. The second kappa shape index (κ2) is 8.50. The third kappa shape index (κ3) is 4.55. The minimum Gasteiger partial charge on any atom is -0.468 e. The zero-order valence-corrected chi connectivity index (χ0v) is 20.0. The van der Waals surface area contributed by atoms with Gasteiger partial charge in [-0.3, -0.25) is 14.4 Å². The Morgan fingerprint density at radius 1 is 0.970 bits per heavy atom. The van der Waals surface area contributed by atoms with Crippen molar-refractivity contribution in [3.8, 4) is 0 Å². The van der Waals surface area contributed by atoms with Crippen molar-refractivity contribution < 1.29 is 33.4 Å². The van der Waals surface area contributed by atoms with E-state index >= 15 is 0 Å². The SMILES string of the molecule is COC(=O)C1=C(NC(C)(C)CC(C)(C)C)OC2=C(C(=O)c3ccccc3C2=O)C1C(=O)OC. The van der Waals surface area contributed by atoms with Gasteiger partial charge in [0.1, 0.15) is 11.5 Å². The monoisotopic (exact) mass is 455 g/mol. The molecule has 0 spiro atoms. The van der Waals surface area contributed by atoms with Crippen LogP contribution in [0.3, 0.4) is 0 Å². The van der Waals surface area contributed by atoms with Crippen LogP contribution in [0.25, 0.3) is 0 Å². The van der Waals surface area contributed by atoms with E-state index in [1.807, 2.05) is 13.8 Å². The summed E-state index contributed by atoms with van der Waals surface area (Å²) in [6.45, 7) is 10.00. The number of nitrogens with one attached hydrogen (secondary N) is 1. The number of methoxy groups -OCH3 is 2. The van der Waals surface area contributed by atoms with E-state index in [0.717, 1.165) is 14.2 Å². The number of ether oxygens (including phenoxy) is 3. The van der Waals surface area contributed by atoms with Crippen LogP contribution < -0.4 is 5.32 Å². The molecule has 0 radical (unpaired) electrons. The molecule has 8 nitrogen and oxygen atoms in total. The van der Waals surface area contributed by atoms with Gasteiger partial charge in [0.2, 0.25) is 11.7 Å². The molecule has 1 atom stereocenters. The highest BCUT2D eigenvalue weighted by Crippen LogP contribution is 2.41. The number of rotatable bonds is 5. The van der Waals surface area contributed by atoms with E-state index in [0.29, 0.717) is 6.42 Å². The maximum Gasteiger partial charge on any atom is 0.340 e. The maximum atomic E-state index is 13.4. The number of carbonyl (C=O) groups is 4. The van der Waals surface area contributed by atoms with Crippen LogP contribution in [0, 0.1) is 11.3 Å². The first kappa shape index (κ1) is 24.2. The van der Waals surface area contributed by atoms with Crippen LogP contribution in [0.15, 0.2) is 47.1 Å². The number of esters is 2. The predicted octanol–water partition coefficient (Wildman–Crippen LogP) is 3.33. The van der Waals surface area contributed by atoms with E-state index in [1.165, 1.54) is 12.1 Å². The first-order valence-corrected chi connectivity index (χ1v) is 10.6. The highest BCUT2D eigenvalue weighted by Gasteiger charge is 2.49. The summed E-state index contributed by atoms with van der Waals surface area (Å²) >= 11 is 0. The molecule has 2 aliphatic rings. The maximum absolute atomic E-state index is 13.4. The van der Waals surface area contributed by atoms with Crippen LogP contribution in [0.4, 0.5) is 0 Å². The third-order valence-corrected chi connectivity index (χ3v) is 5.40. The summed E-state index contributed by atoms with van der Waals surface area (Å²) in [5.74, 6) is -4.76. The van der Waals surface area contributed by atoms with Crippen molar-refractivity contribution in [3.05, 3.63) is 58.2 Å². The van der Waals surface area contributed by atoms with Crippen molar-refractivity contribution in [1.82, 2.24) is 5.32 Å². The lowest BCUT2D eigenvalue weighted by Crippen LogP contribution is -2.47. The van der Waals surface area contributed by atoms with E-state index in [1.54, 1.807) is 12.1 Å². The normalized spacial score (nSPS) is 18.3. The summed E-state index contributed by atoms with van der Waals surface area (Å²) in [6, 6.07) is 6.27. The molecule has 1 aromatic rings. The van der Waals surface area contributed by atoms with Crippen molar-refractivity contribution in [2.24, 2.45) is 11.3 Å². The quantitative estimate of drug-likeness (QED) is 0.674. The van der Waals surface area contributed by atoms with Gasteiger partial charge in [-0.1, -0.05) is 45.0 Å². The molecule has 0 saturated heterocycles. The molecule has 176 valence electrons. The Balaban J connectivity index is 2.21. The summed E-state index contributed by atoms with van der Waals surface area (Å²) in [5, 5.41) is 3.17. The van der Waals surface area contributed by atoms with Crippen molar-refractivity contribution in [1.29, 1.82) is 0 Å². The molecule has 1 unspecified atom stereocenters. The van der Waals surface area contributed by atoms with Crippen molar-refractivity contribution in [2.75, 3.05) is 14.2 Å². The Kier molecular flexibility index (Phi) is 6.24. The van der Waals surface area contributed by atoms with Gasteiger partial charge in [-0.2, -0.15) is 0 Å². The zero-order valence-electron chi connectivity index (χ0n) is 20.0. The zero-order chi connectivity index (χ0) is 24.7. The highest BCUT2D eigenvalue weighted by atomic mass is 16.5. The second-order valence-corrected chi connectivity index (χ2v) is 9.99. The Morgan fingerprint density at radius 2 is 1.55 bits per heavy atom. The van der Waals surface area contributed by atoms with Gasteiger partial charge in [-0.05, 0) is 25.7 Å². The van der Waals surface area contributed by atoms with E-state index in [-0.39, 0.29) is 39.3 Å². The van der Waals surface area contributed by atoms with Crippen LogP contribution in [-0.4, -0.2) is 43.3 Å². The van der Waals surface area contributed by atoms with E-state index in [4.69, 9.17) is 14.2 Å². The molecule has 0 amide bonds. The van der Waals surface area contributed by atoms with Gasteiger partial charge in [-0.25, -0.2) is 4.79 Å². The fraction of sp³-hybridized carbons (Fsp3) is 0.440. The van der Waals surface area contributed by atoms with Gasteiger partial charge in [0, 0.05) is 16.7 Å².